The lowest BCUT2D eigenvalue weighted by atomic mass is 10.2. The van der Waals surface area contributed by atoms with Crippen LogP contribution >= 0.6 is 15.9 Å². The van der Waals surface area contributed by atoms with Crippen molar-refractivity contribution < 1.29 is 14.0 Å². The number of amides is 3. The van der Waals surface area contributed by atoms with E-state index < -0.39 is 11.7 Å². The molecule has 0 unspecified atom stereocenters. The molecule has 1 saturated heterocycles. The summed E-state index contributed by atoms with van der Waals surface area (Å²) in [6.07, 6.45) is 0. The number of hydrogen-bond acceptors (Lipinski definition) is 2. The van der Waals surface area contributed by atoms with E-state index in [9.17, 15) is 14.0 Å². The number of hydrogen-bond donors (Lipinski definition) is 2. The maximum Gasteiger partial charge on any atom is 0.321 e. The van der Waals surface area contributed by atoms with Crippen LogP contribution < -0.4 is 15.5 Å². The molecular weight excluding hydrogens is 365 g/mol. The normalized spacial score (nSPS) is 13.8. The van der Waals surface area contributed by atoms with Gasteiger partial charge < -0.3 is 10.6 Å². The maximum atomic E-state index is 13.4. The summed E-state index contributed by atoms with van der Waals surface area (Å²) in [4.78, 5) is 25.5. The SMILES string of the molecule is O=C(Nc1cccc(N2CCNC2=O)c1)c1cc(F)cc(Br)c1. The molecule has 1 fully saturated rings. The summed E-state index contributed by atoms with van der Waals surface area (Å²) in [5.74, 6) is -0.916. The van der Waals surface area contributed by atoms with Gasteiger partial charge in [0.05, 0.1) is 0 Å². The minimum absolute atomic E-state index is 0.164. The fraction of sp³-hybridized carbons (Fsp3) is 0.125. The first kappa shape index (κ1) is 15.5. The number of benzene rings is 2. The monoisotopic (exact) mass is 377 g/mol. The fourth-order valence-corrected chi connectivity index (χ4v) is 2.82. The number of nitrogens with one attached hydrogen (secondary N) is 2. The van der Waals surface area contributed by atoms with E-state index >= 15 is 0 Å². The van der Waals surface area contributed by atoms with Crippen molar-refractivity contribution in [1.82, 2.24) is 5.32 Å². The average Bonchev–Trinajstić information content (AvgIpc) is 2.92. The molecule has 1 aliphatic heterocycles. The van der Waals surface area contributed by atoms with Crippen molar-refractivity contribution in [2.45, 2.75) is 0 Å². The van der Waals surface area contributed by atoms with E-state index in [4.69, 9.17) is 0 Å². The van der Waals surface area contributed by atoms with Crippen LogP contribution in [0.25, 0.3) is 0 Å². The summed E-state index contributed by atoms with van der Waals surface area (Å²) < 4.78 is 13.9. The molecule has 0 aromatic heterocycles. The van der Waals surface area contributed by atoms with Crippen LogP contribution in [0.5, 0.6) is 0 Å². The third-order valence-corrected chi connectivity index (χ3v) is 3.86. The van der Waals surface area contributed by atoms with Gasteiger partial charge in [-0.3, -0.25) is 9.69 Å². The van der Waals surface area contributed by atoms with Gasteiger partial charge in [0.2, 0.25) is 0 Å². The number of nitrogens with zero attached hydrogens (tertiary/aromatic N) is 1. The summed E-state index contributed by atoms with van der Waals surface area (Å²) in [5.41, 5.74) is 1.44. The Kier molecular flexibility index (Phi) is 4.29. The molecular formula is C16H13BrFN3O2. The number of anilines is 2. The van der Waals surface area contributed by atoms with E-state index in [0.717, 1.165) is 6.07 Å². The summed E-state index contributed by atoms with van der Waals surface area (Å²) in [6, 6.07) is 10.8. The molecule has 1 aliphatic rings. The zero-order valence-electron chi connectivity index (χ0n) is 12.0. The largest absolute Gasteiger partial charge is 0.336 e. The quantitative estimate of drug-likeness (QED) is 0.861. The van der Waals surface area contributed by atoms with Crippen LogP contribution in [0.3, 0.4) is 0 Å². The molecule has 2 aromatic rings. The summed E-state index contributed by atoms with van der Waals surface area (Å²) in [6.45, 7) is 1.17. The number of urea groups is 1. The van der Waals surface area contributed by atoms with E-state index in [1.807, 2.05) is 0 Å². The summed E-state index contributed by atoms with van der Waals surface area (Å²) >= 11 is 3.16. The van der Waals surface area contributed by atoms with Crippen LogP contribution in [-0.4, -0.2) is 25.0 Å². The topological polar surface area (TPSA) is 61.4 Å². The lowest BCUT2D eigenvalue weighted by molar-refractivity contribution is 0.102. The predicted molar refractivity (Wildman–Crippen MR) is 89.2 cm³/mol. The minimum atomic E-state index is -0.494. The lowest BCUT2D eigenvalue weighted by Gasteiger charge is -2.15. The van der Waals surface area contributed by atoms with E-state index in [-0.39, 0.29) is 11.6 Å². The van der Waals surface area contributed by atoms with Crippen LogP contribution in [0.1, 0.15) is 10.4 Å². The van der Waals surface area contributed by atoms with Gasteiger partial charge in [-0.2, -0.15) is 0 Å². The molecule has 2 aromatic carbocycles. The van der Waals surface area contributed by atoms with Crippen LogP contribution in [0.4, 0.5) is 20.6 Å². The van der Waals surface area contributed by atoms with Crippen molar-refractivity contribution in [3.8, 4) is 0 Å². The van der Waals surface area contributed by atoms with Crippen molar-refractivity contribution in [2.24, 2.45) is 0 Å². The molecule has 7 heteroatoms. The van der Waals surface area contributed by atoms with Gasteiger partial charge in [-0.15, -0.1) is 0 Å². The Labute approximate surface area is 140 Å². The standard InChI is InChI=1S/C16H13BrFN3O2/c17-11-6-10(7-12(18)8-11)15(22)20-13-2-1-3-14(9-13)21-5-4-19-16(21)23/h1-3,6-9H,4-5H2,(H,19,23)(H,20,22). The molecule has 0 atom stereocenters. The molecule has 0 spiro atoms. The van der Waals surface area contributed by atoms with Crippen LogP contribution in [0.2, 0.25) is 0 Å². The molecule has 5 nitrogen and oxygen atoms in total. The molecule has 0 aliphatic carbocycles. The number of carbonyl (C=O) groups excluding carboxylic acids is 2. The third kappa shape index (κ3) is 3.50. The average molecular weight is 378 g/mol. The first-order chi connectivity index (χ1) is 11.0. The van der Waals surface area contributed by atoms with Crippen LogP contribution in [0, 0.1) is 5.82 Å². The zero-order valence-corrected chi connectivity index (χ0v) is 13.6. The van der Waals surface area contributed by atoms with Gasteiger partial charge in [-0.1, -0.05) is 22.0 Å². The first-order valence-electron chi connectivity index (χ1n) is 6.96. The Balaban J connectivity index is 1.80. The first-order valence-corrected chi connectivity index (χ1v) is 7.75. The van der Waals surface area contributed by atoms with Gasteiger partial charge in [0.15, 0.2) is 0 Å². The van der Waals surface area contributed by atoms with E-state index in [1.165, 1.54) is 12.1 Å². The highest BCUT2D eigenvalue weighted by atomic mass is 79.9. The van der Waals surface area contributed by atoms with Crippen molar-refractivity contribution in [1.29, 1.82) is 0 Å². The second-order valence-electron chi connectivity index (χ2n) is 5.05. The van der Waals surface area contributed by atoms with E-state index in [2.05, 4.69) is 26.6 Å². The summed E-state index contributed by atoms with van der Waals surface area (Å²) in [7, 11) is 0. The number of carbonyl (C=O) groups is 2. The molecule has 0 saturated carbocycles. The van der Waals surface area contributed by atoms with Gasteiger partial charge in [-0.25, -0.2) is 9.18 Å². The van der Waals surface area contributed by atoms with Crippen molar-refractivity contribution in [3.63, 3.8) is 0 Å². The second-order valence-corrected chi connectivity index (χ2v) is 5.96. The van der Waals surface area contributed by atoms with Gasteiger partial charge in [0.25, 0.3) is 5.91 Å². The summed E-state index contributed by atoms with van der Waals surface area (Å²) in [5, 5.41) is 5.43. The van der Waals surface area contributed by atoms with Crippen molar-refractivity contribution in [2.75, 3.05) is 23.3 Å². The Hall–Kier alpha value is -2.41. The highest BCUT2D eigenvalue weighted by Gasteiger charge is 2.21. The third-order valence-electron chi connectivity index (χ3n) is 3.40. The van der Waals surface area contributed by atoms with Gasteiger partial charge in [-0.05, 0) is 36.4 Å². The van der Waals surface area contributed by atoms with Gasteiger partial charge >= 0.3 is 6.03 Å². The van der Waals surface area contributed by atoms with E-state index in [1.54, 1.807) is 29.2 Å². The fourth-order valence-electron chi connectivity index (χ4n) is 2.36. The highest BCUT2D eigenvalue weighted by Crippen LogP contribution is 2.22. The molecule has 0 radical (unpaired) electrons. The molecule has 1 heterocycles. The Morgan fingerprint density at radius 3 is 2.78 bits per heavy atom. The lowest BCUT2D eigenvalue weighted by Crippen LogP contribution is -2.27. The van der Waals surface area contributed by atoms with Gasteiger partial charge in [0, 0.05) is 34.5 Å². The van der Waals surface area contributed by atoms with Crippen LogP contribution in [-0.2, 0) is 0 Å². The Bertz CT molecular complexity index is 761. The Morgan fingerprint density at radius 1 is 1.26 bits per heavy atom. The predicted octanol–water partition coefficient (Wildman–Crippen LogP) is 3.37. The number of rotatable bonds is 3. The number of halogens is 2. The molecule has 3 rings (SSSR count). The van der Waals surface area contributed by atoms with Gasteiger partial charge in [0.1, 0.15) is 5.82 Å². The molecule has 2 N–H and O–H groups in total. The molecule has 23 heavy (non-hydrogen) atoms. The molecule has 118 valence electrons. The minimum Gasteiger partial charge on any atom is -0.336 e. The molecule has 0 bridgehead atoms. The Morgan fingerprint density at radius 2 is 2.09 bits per heavy atom. The van der Waals surface area contributed by atoms with Crippen LogP contribution in [0.15, 0.2) is 46.9 Å². The highest BCUT2D eigenvalue weighted by molar-refractivity contribution is 9.10. The zero-order chi connectivity index (χ0) is 16.4. The van der Waals surface area contributed by atoms with Crippen molar-refractivity contribution in [3.05, 3.63) is 58.3 Å². The second kappa shape index (κ2) is 6.37. The maximum absolute atomic E-state index is 13.4. The molecule has 3 amide bonds. The van der Waals surface area contributed by atoms with E-state index in [0.29, 0.717) is 28.9 Å². The van der Waals surface area contributed by atoms with Crippen molar-refractivity contribution >= 4 is 39.2 Å². The smallest absolute Gasteiger partial charge is 0.321 e.